The lowest BCUT2D eigenvalue weighted by Crippen LogP contribution is -2.19. The molecule has 0 N–H and O–H groups in total. The Labute approximate surface area is 137 Å². The smallest absolute Gasteiger partial charge is 0.236 e. The van der Waals surface area contributed by atoms with Crippen LogP contribution in [0.5, 0.6) is 0 Å². The van der Waals surface area contributed by atoms with Crippen molar-refractivity contribution in [1.82, 2.24) is 10.1 Å². The molecule has 22 heavy (non-hydrogen) atoms. The van der Waals surface area contributed by atoms with Crippen LogP contribution in [0.1, 0.15) is 51.2 Å². The lowest BCUT2D eigenvalue weighted by atomic mass is 9.76. The van der Waals surface area contributed by atoms with Gasteiger partial charge in [-0.3, -0.25) is 0 Å². The molecule has 0 spiro atoms. The number of thioether (sulfide) groups is 1. The lowest BCUT2D eigenvalue weighted by molar-refractivity contribution is 0.216. The molecule has 1 fully saturated rings. The van der Waals surface area contributed by atoms with E-state index in [0.717, 1.165) is 23.5 Å². The van der Waals surface area contributed by atoms with E-state index in [1.54, 1.807) is 11.8 Å². The number of hydrogen-bond acceptors (Lipinski definition) is 6. The Bertz CT molecular complexity index is 561. The fourth-order valence-corrected chi connectivity index (χ4v) is 4.92. The van der Waals surface area contributed by atoms with Crippen molar-refractivity contribution in [3.8, 4) is 0 Å². The molecule has 0 radical (unpaired) electrons. The van der Waals surface area contributed by atoms with E-state index in [9.17, 15) is 8.42 Å². The van der Waals surface area contributed by atoms with Crippen LogP contribution in [-0.2, 0) is 21.3 Å². The third-order valence-corrected chi connectivity index (χ3v) is 5.83. The number of aromatic nitrogens is 2. The Hall–Kier alpha value is -0.560. The third kappa shape index (κ3) is 6.28. The maximum atomic E-state index is 11.2. The predicted molar refractivity (Wildman–Crippen MR) is 89.3 cm³/mol. The van der Waals surface area contributed by atoms with Gasteiger partial charge in [0, 0.05) is 6.26 Å². The van der Waals surface area contributed by atoms with Gasteiger partial charge < -0.3 is 4.52 Å². The largest absolute Gasteiger partial charge is 0.338 e. The summed E-state index contributed by atoms with van der Waals surface area (Å²) in [4.78, 5) is 4.13. The summed E-state index contributed by atoms with van der Waals surface area (Å²) in [5, 5.41) is 3.71. The van der Waals surface area contributed by atoms with Crippen LogP contribution in [0.3, 0.4) is 0 Å². The van der Waals surface area contributed by atoms with Crippen molar-refractivity contribution in [1.29, 1.82) is 0 Å². The summed E-state index contributed by atoms with van der Waals surface area (Å²) in [5.41, 5.74) is 0. The van der Waals surface area contributed by atoms with Crippen molar-refractivity contribution in [2.24, 2.45) is 17.8 Å². The molecule has 126 valence electrons. The van der Waals surface area contributed by atoms with Gasteiger partial charge in [-0.05, 0) is 49.2 Å². The van der Waals surface area contributed by atoms with Crippen LogP contribution in [0.2, 0.25) is 0 Å². The predicted octanol–water partition coefficient (Wildman–Crippen LogP) is 3.31. The average Bonchev–Trinajstić information content (AvgIpc) is 2.79. The molecule has 2 rings (SSSR count). The van der Waals surface area contributed by atoms with E-state index in [2.05, 4.69) is 24.0 Å². The Morgan fingerprint density at radius 3 is 2.55 bits per heavy atom. The van der Waals surface area contributed by atoms with Gasteiger partial charge in [-0.15, -0.1) is 0 Å². The summed E-state index contributed by atoms with van der Waals surface area (Å²) < 4.78 is 27.4. The van der Waals surface area contributed by atoms with Gasteiger partial charge in [-0.1, -0.05) is 19.0 Å². The highest BCUT2D eigenvalue weighted by Gasteiger charge is 2.23. The van der Waals surface area contributed by atoms with E-state index >= 15 is 0 Å². The van der Waals surface area contributed by atoms with Gasteiger partial charge in [0.15, 0.2) is 15.7 Å². The zero-order valence-corrected chi connectivity index (χ0v) is 15.3. The molecule has 0 bridgehead atoms. The highest BCUT2D eigenvalue weighted by atomic mass is 32.2. The van der Waals surface area contributed by atoms with Gasteiger partial charge in [-0.25, -0.2) is 8.42 Å². The van der Waals surface area contributed by atoms with E-state index in [1.165, 1.54) is 31.9 Å². The van der Waals surface area contributed by atoms with Gasteiger partial charge >= 0.3 is 0 Å². The third-order valence-electron chi connectivity index (χ3n) is 4.07. The first-order valence-electron chi connectivity index (χ1n) is 7.88. The Morgan fingerprint density at radius 2 is 1.91 bits per heavy atom. The summed E-state index contributed by atoms with van der Waals surface area (Å²) >= 11 is 1.79. The SMILES string of the molecule is CC1CC(C)CC(CCSCc2nc(CS(C)(=O)=O)no2)C1. The second kappa shape index (κ2) is 7.81. The molecular formula is C15H26N2O3S2. The summed E-state index contributed by atoms with van der Waals surface area (Å²) in [7, 11) is -3.11. The van der Waals surface area contributed by atoms with Crippen LogP contribution in [0.25, 0.3) is 0 Å². The van der Waals surface area contributed by atoms with Crippen LogP contribution in [0, 0.1) is 17.8 Å². The highest BCUT2D eigenvalue weighted by Crippen LogP contribution is 2.35. The molecule has 2 unspecified atom stereocenters. The maximum absolute atomic E-state index is 11.2. The Balaban J connectivity index is 1.68. The summed E-state index contributed by atoms with van der Waals surface area (Å²) in [5.74, 6) is 4.93. The van der Waals surface area contributed by atoms with Crippen LogP contribution in [-0.4, -0.2) is 30.6 Å². The van der Waals surface area contributed by atoms with Gasteiger partial charge in [0.25, 0.3) is 0 Å². The van der Waals surface area contributed by atoms with Crippen LogP contribution in [0.4, 0.5) is 0 Å². The van der Waals surface area contributed by atoms with Gasteiger partial charge in [0.2, 0.25) is 5.89 Å². The normalized spacial score (nSPS) is 26.2. The first-order valence-corrected chi connectivity index (χ1v) is 11.1. The maximum Gasteiger partial charge on any atom is 0.236 e. The van der Waals surface area contributed by atoms with E-state index in [0.29, 0.717) is 11.6 Å². The van der Waals surface area contributed by atoms with Gasteiger partial charge in [0.1, 0.15) is 5.75 Å². The van der Waals surface area contributed by atoms with E-state index in [4.69, 9.17) is 4.52 Å². The molecule has 1 aromatic rings. The molecule has 1 aromatic heterocycles. The van der Waals surface area contributed by atoms with Crippen molar-refractivity contribution in [2.75, 3.05) is 12.0 Å². The van der Waals surface area contributed by atoms with Crippen LogP contribution in [0.15, 0.2) is 4.52 Å². The molecule has 7 heteroatoms. The van der Waals surface area contributed by atoms with Crippen molar-refractivity contribution >= 4 is 21.6 Å². The first-order chi connectivity index (χ1) is 10.3. The van der Waals surface area contributed by atoms with Crippen molar-refractivity contribution < 1.29 is 12.9 Å². The monoisotopic (exact) mass is 346 g/mol. The second-order valence-electron chi connectivity index (χ2n) is 6.80. The van der Waals surface area contributed by atoms with Gasteiger partial charge in [0.05, 0.1) is 5.75 Å². The van der Waals surface area contributed by atoms with E-state index in [1.807, 2.05) is 0 Å². The Morgan fingerprint density at radius 1 is 1.23 bits per heavy atom. The molecular weight excluding hydrogens is 320 g/mol. The topological polar surface area (TPSA) is 73.1 Å². The number of hydrogen-bond donors (Lipinski definition) is 0. The molecule has 2 atom stereocenters. The summed E-state index contributed by atoms with van der Waals surface area (Å²) in [6.45, 7) is 4.72. The minimum Gasteiger partial charge on any atom is -0.338 e. The number of sulfone groups is 1. The molecule has 1 heterocycles. The van der Waals surface area contributed by atoms with Crippen molar-refractivity contribution in [2.45, 2.75) is 51.0 Å². The first kappa shape index (κ1) is 17.8. The fraction of sp³-hybridized carbons (Fsp3) is 0.867. The molecule has 1 aliphatic carbocycles. The van der Waals surface area contributed by atoms with Crippen LogP contribution >= 0.6 is 11.8 Å². The zero-order chi connectivity index (χ0) is 16.2. The number of rotatable bonds is 7. The van der Waals surface area contributed by atoms with E-state index < -0.39 is 9.84 Å². The molecule has 5 nitrogen and oxygen atoms in total. The number of nitrogens with zero attached hydrogens (tertiary/aromatic N) is 2. The summed E-state index contributed by atoms with van der Waals surface area (Å²) in [6.07, 6.45) is 6.48. The molecule has 0 saturated heterocycles. The zero-order valence-electron chi connectivity index (χ0n) is 13.6. The molecule has 1 aliphatic rings. The van der Waals surface area contributed by atoms with Crippen molar-refractivity contribution in [3.63, 3.8) is 0 Å². The molecule has 1 saturated carbocycles. The Kier molecular flexibility index (Phi) is 6.32. The molecule has 0 amide bonds. The second-order valence-corrected chi connectivity index (χ2v) is 10.0. The standard InChI is InChI=1S/C15H26N2O3S2/c1-11-6-12(2)8-13(7-11)4-5-21-9-15-16-14(17-20-15)10-22(3,18)19/h11-13H,4-10H2,1-3H3. The average molecular weight is 347 g/mol. The van der Waals surface area contributed by atoms with Crippen molar-refractivity contribution in [3.05, 3.63) is 11.7 Å². The fourth-order valence-electron chi connectivity index (χ4n) is 3.40. The van der Waals surface area contributed by atoms with E-state index in [-0.39, 0.29) is 11.6 Å². The minimum atomic E-state index is -3.11. The molecule has 0 aromatic carbocycles. The molecule has 0 aliphatic heterocycles. The lowest BCUT2D eigenvalue weighted by Gasteiger charge is -2.31. The van der Waals surface area contributed by atoms with Crippen LogP contribution < -0.4 is 0 Å². The highest BCUT2D eigenvalue weighted by molar-refractivity contribution is 7.98. The summed E-state index contributed by atoms with van der Waals surface area (Å²) in [6, 6.07) is 0. The quantitative estimate of drug-likeness (QED) is 0.705. The minimum absolute atomic E-state index is 0.154. The van der Waals surface area contributed by atoms with Gasteiger partial charge in [-0.2, -0.15) is 16.7 Å².